The molecule has 2 nitrogen and oxygen atoms in total. The second kappa shape index (κ2) is 14.8. The van der Waals surface area contributed by atoms with Crippen LogP contribution in [0.1, 0.15) is 0 Å². The van der Waals surface area contributed by atoms with E-state index in [9.17, 15) is 0 Å². The number of para-hydroxylation sites is 1. The summed E-state index contributed by atoms with van der Waals surface area (Å²) in [6, 6.07) is 85.6. The van der Waals surface area contributed by atoms with Crippen molar-refractivity contribution in [1.29, 1.82) is 0 Å². The van der Waals surface area contributed by atoms with Gasteiger partial charge in [0.15, 0.2) is 0 Å². The lowest BCUT2D eigenvalue weighted by atomic mass is 9.92. The van der Waals surface area contributed by atoms with E-state index in [1.165, 1.54) is 43.6 Å². The Hall–Kier alpha value is -8.20. The summed E-state index contributed by atoms with van der Waals surface area (Å²) < 4.78 is 6.75. The third-order valence-electron chi connectivity index (χ3n) is 12.5. The Morgan fingerprint density at radius 1 is 0.290 bits per heavy atom. The fourth-order valence-electron chi connectivity index (χ4n) is 9.57. The van der Waals surface area contributed by atoms with Crippen molar-refractivity contribution in [2.24, 2.45) is 0 Å². The molecule has 62 heavy (non-hydrogen) atoms. The minimum Gasteiger partial charge on any atom is -0.455 e. The fraction of sp³-hybridized carbons (Fsp3) is 0. The van der Waals surface area contributed by atoms with E-state index in [2.05, 4.69) is 241 Å². The Morgan fingerprint density at radius 3 is 1.56 bits per heavy atom. The summed E-state index contributed by atoms with van der Waals surface area (Å²) in [4.78, 5) is 2.47. The van der Waals surface area contributed by atoms with Crippen molar-refractivity contribution in [2.45, 2.75) is 0 Å². The zero-order valence-electron chi connectivity index (χ0n) is 33.9. The van der Waals surface area contributed by atoms with Gasteiger partial charge in [0.2, 0.25) is 0 Å². The van der Waals surface area contributed by atoms with Crippen LogP contribution in [-0.4, -0.2) is 0 Å². The Bertz CT molecular complexity index is 3630. The fourth-order valence-corrected chi connectivity index (χ4v) is 9.57. The molecule has 0 fully saturated rings. The number of nitrogens with zero attached hydrogens (tertiary/aromatic N) is 1. The molecule has 0 aliphatic rings. The van der Waals surface area contributed by atoms with E-state index in [1.54, 1.807) is 0 Å². The summed E-state index contributed by atoms with van der Waals surface area (Å²) >= 11 is 0. The molecule has 0 N–H and O–H groups in total. The quantitative estimate of drug-likeness (QED) is 0.160. The zero-order valence-corrected chi connectivity index (χ0v) is 33.9. The number of fused-ring (bicyclic) bond motifs is 7. The second-order valence-electron chi connectivity index (χ2n) is 16.0. The summed E-state index contributed by atoms with van der Waals surface area (Å²) in [7, 11) is 0. The van der Waals surface area contributed by atoms with Gasteiger partial charge in [0.1, 0.15) is 11.2 Å². The van der Waals surface area contributed by atoms with E-state index in [4.69, 9.17) is 4.42 Å². The molecular weight excluding hydrogens is 751 g/mol. The predicted molar refractivity (Wildman–Crippen MR) is 263 cm³/mol. The van der Waals surface area contributed by atoms with Crippen LogP contribution in [0.5, 0.6) is 0 Å². The van der Waals surface area contributed by atoms with Crippen LogP contribution in [0, 0.1) is 0 Å². The largest absolute Gasteiger partial charge is 0.455 e. The van der Waals surface area contributed by atoms with Crippen LogP contribution in [-0.2, 0) is 0 Å². The lowest BCUT2D eigenvalue weighted by Crippen LogP contribution is -2.13. The molecular formula is C60H39NO. The summed E-state index contributed by atoms with van der Waals surface area (Å²) in [5.74, 6) is 0. The van der Waals surface area contributed by atoms with Crippen molar-refractivity contribution in [3.63, 3.8) is 0 Å². The lowest BCUT2D eigenvalue weighted by molar-refractivity contribution is 0.673. The number of furan rings is 1. The van der Waals surface area contributed by atoms with Gasteiger partial charge in [-0.05, 0) is 96.7 Å². The van der Waals surface area contributed by atoms with Crippen molar-refractivity contribution in [3.05, 3.63) is 237 Å². The molecule has 0 radical (unpaired) electrons. The number of benzene rings is 11. The van der Waals surface area contributed by atoms with Gasteiger partial charge >= 0.3 is 0 Å². The zero-order chi connectivity index (χ0) is 41.0. The molecule has 0 unspecified atom stereocenters. The molecule has 12 aromatic rings. The van der Waals surface area contributed by atoms with Crippen LogP contribution < -0.4 is 4.90 Å². The Morgan fingerprint density at radius 2 is 0.823 bits per heavy atom. The van der Waals surface area contributed by atoms with Crippen LogP contribution in [0.3, 0.4) is 0 Å². The van der Waals surface area contributed by atoms with Gasteiger partial charge in [-0.2, -0.15) is 0 Å². The number of rotatable bonds is 7. The number of anilines is 3. The van der Waals surface area contributed by atoms with Crippen molar-refractivity contribution in [3.8, 4) is 44.5 Å². The highest BCUT2D eigenvalue weighted by Crippen LogP contribution is 2.49. The molecule has 2 heteroatoms. The van der Waals surface area contributed by atoms with Crippen LogP contribution >= 0.6 is 0 Å². The van der Waals surface area contributed by atoms with Crippen molar-refractivity contribution < 1.29 is 4.42 Å². The molecule has 1 aromatic heterocycles. The number of hydrogen-bond acceptors (Lipinski definition) is 2. The topological polar surface area (TPSA) is 16.4 Å². The Balaban J connectivity index is 1.13. The highest BCUT2D eigenvalue weighted by molar-refractivity contribution is 6.20. The van der Waals surface area contributed by atoms with Gasteiger partial charge in [-0.3, -0.25) is 0 Å². The van der Waals surface area contributed by atoms with Crippen molar-refractivity contribution in [1.82, 2.24) is 0 Å². The van der Waals surface area contributed by atoms with Gasteiger partial charge in [-0.25, -0.2) is 0 Å². The molecule has 0 saturated heterocycles. The molecule has 0 amide bonds. The number of hydrogen-bond donors (Lipinski definition) is 0. The summed E-state index contributed by atoms with van der Waals surface area (Å²) in [6.45, 7) is 0. The van der Waals surface area contributed by atoms with E-state index >= 15 is 0 Å². The summed E-state index contributed by atoms with van der Waals surface area (Å²) in [6.07, 6.45) is 0. The van der Waals surface area contributed by atoms with Crippen LogP contribution in [0.25, 0.3) is 98.8 Å². The van der Waals surface area contributed by atoms with Gasteiger partial charge in [-0.1, -0.05) is 200 Å². The standard InChI is InChI=1S/C60H39NO/c1-2-15-42(16-3-1)51-37-34-45(50-27-13-21-41-18-5-8-23-48(41)50)39-57(51)61(46-35-31-44(32-36-46)49-26-12-20-40-17-4-7-22-47(40)49)56-29-11-10-25-53(56)54-28-14-30-58-59(54)55-38-33-43-19-6-9-24-52(43)60(55)62-58/h1-39H. The molecule has 12 rings (SSSR count). The van der Waals surface area contributed by atoms with Gasteiger partial charge in [0.05, 0.1) is 11.4 Å². The van der Waals surface area contributed by atoms with Gasteiger partial charge in [0.25, 0.3) is 0 Å². The Kier molecular flexibility index (Phi) is 8.53. The molecule has 1 heterocycles. The smallest absolute Gasteiger partial charge is 0.143 e. The minimum atomic E-state index is 0.873. The van der Waals surface area contributed by atoms with E-state index in [0.717, 1.165) is 72.2 Å². The van der Waals surface area contributed by atoms with Crippen molar-refractivity contribution >= 4 is 71.3 Å². The normalized spacial score (nSPS) is 11.5. The molecule has 11 aromatic carbocycles. The maximum atomic E-state index is 6.75. The van der Waals surface area contributed by atoms with E-state index in [1.807, 2.05) is 0 Å². The molecule has 290 valence electrons. The maximum absolute atomic E-state index is 6.75. The third kappa shape index (κ3) is 5.96. The molecule has 0 saturated carbocycles. The lowest BCUT2D eigenvalue weighted by Gasteiger charge is -2.31. The van der Waals surface area contributed by atoms with Crippen LogP contribution in [0.15, 0.2) is 241 Å². The Labute approximate surface area is 360 Å². The molecule has 0 aliphatic heterocycles. The SMILES string of the molecule is c1ccc(-c2ccc(-c3cccc4ccccc34)cc2N(c2ccc(-c3cccc4ccccc34)cc2)c2ccccc2-c2cccc3oc4c5ccccc5ccc4c23)cc1. The minimum absolute atomic E-state index is 0.873. The van der Waals surface area contributed by atoms with E-state index in [-0.39, 0.29) is 0 Å². The summed E-state index contributed by atoms with van der Waals surface area (Å²) in [5, 5.41) is 9.43. The first-order valence-electron chi connectivity index (χ1n) is 21.3. The average molecular weight is 790 g/mol. The molecule has 0 atom stereocenters. The first kappa shape index (κ1) is 35.7. The second-order valence-corrected chi connectivity index (χ2v) is 16.0. The van der Waals surface area contributed by atoms with E-state index in [0.29, 0.717) is 0 Å². The van der Waals surface area contributed by atoms with E-state index < -0.39 is 0 Å². The van der Waals surface area contributed by atoms with Gasteiger partial charge in [0, 0.05) is 33.0 Å². The first-order chi connectivity index (χ1) is 30.8. The van der Waals surface area contributed by atoms with Crippen molar-refractivity contribution in [2.75, 3.05) is 4.90 Å². The highest BCUT2D eigenvalue weighted by Gasteiger charge is 2.24. The van der Waals surface area contributed by atoms with Gasteiger partial charge in [-0.15, -0.1) is 0 Å². The first-order valence-corrected chi connectivity index (χ1v) is 21.3. The molecule has 0 aliphatic carbocycles. The predicted octanol–water partition coefficient (Wildman–Crippen LogP) is 17.2. The monoisotopic (exact) mass is 789 g/mol. The average Bonchev–Trinajstić information content (AvgIpc) is 3.74. The third-order valence-corrected chi connectivity index (χ3v) is 12.5. The molecule has 0 bridgehead atoms. The summed E-state index contributed by atoms with van der Waals surface area (Å²) in [5.41, 5.74) is 14.3. The molecule has 0 spiro atoms. The van der Waals surface area contributed by atoms with Gasteiger partial charge < -0.3 is 9.32 Å². The highest BCUT2D eigenvalue weighted by atomic mass is 16.3. The van der Waals surface area contributed by atoms with Crippen LogP contribution in [0.2, 0.25) is 0 Å². The maximum Gasteiger partial charge on any atom is 0.143 e. The van der Waals surface area contributed by atoms with Crippen LogP contribution in [0.4, 0.5) is 17.1 Å².